The molecule has 8 rings (SSSR count). The number of benzene rings is 2. The zero-order valence-corrected chi connectivity index (χ0v) is 38.6. The van der Waals surface area contributed by atoms with Gasteiger partial charge in [-0.1, -0.05) is 24.3 Å². The first-order valence-electron chi connectivity index (χ1n) is 19.7. The Hall–Kier alpha value is -5.60. The number of imidazole rings is 2. The number of phosphoric ester groups is 2. The highest BCUT2D eigenvalue weighted by Gasteiger charge is 2.50. The first-order valence-corrected chi connectivity index (χ1v) is 25.7. The van der Waals surface area contributed by atoms with E-state index in [0.29, 0.717) is 0 Å². The molecule has 12 atom stereocenters. The third-order valence-corrected chi connectivity index (χ3v) is 16.3. The smallest absolute Gasteiger partial charge is 0.387 e. The lowest BCUT2D eigenvalue weighted by Gasteiger charge is -2.21. The first kappa shape index (κ1) is 51.7. The van der Waals surface area contributed by atoms with Gasteiger partial charge in [0, 0.05) is 60.2 Å². The van der Waals surface area contributed by atoms with Crippen molar-refractivity contribution in [2.75, 3.05) is 13.2 Å². The van der Waals surface area contributed by atoms with Gasteiger partial charge >= 0.3 is 42.7 Å². The van der Waals surface area contributed by atoms with E-state index in [0.717, 1.165) is 30.3 Å². The molecule has 2 saturated heterocycles. The summed E-state index contributed by atoms with van der Waals surface area (Å²) >= 11 is 0. The maximum atomic E-state index is 13.4. The van der Waals surface area contributed by atoms with Crippen LogP contribution in [-0.4, -0.2) is 128 Å². The standard InChI is InChI=1S/C34H34N8O25P4/c43-27-23(63-31(29(27)45)37-9-7-25-35-21(13-39(25)33(37)47)17-3-1-5-19(11-17)41(49)50)15-61-68(53,54)65-70(57,58)67-71(59,60)66-69(55,56)62-16-24-28(44)30(46)32(64-24)38-10-8-26-36-22(14-40(26)34(38)48)18-4-2-6-20(12-18)42(51)52/h1-14,23-24,27-32,43-46H,15-16H2,(H,53,54)(H,55,56)(H,57,58)(H,59,60)/t23-,24-,27-,28-,29-,30-,31?,32?/m1/s1. The molecule has 0 saturated carbocycles. The highest BCUT2D eigenvalue weighted by molar-refractivity contribution is 7.69. The average molecular weight is 1080 g/mol. The molecule has 6 aromatic rings. The molecular formula is C34H34N8O25P4. The summed E-state index contributed by atoms with van der Waals surface area (Å²) in [5.74, 6) is 0. The van der Waals surface area contributed by atoms with Crippen LogP contribution in [0, 0.1) is 20.2 Å². The van der Waals surface area contributed by atoms with Crippen LogP contribution in [0.1, 0.15) is 12.5 Å². The molecule has 0 radical (unpaired) electrons. The van der Waals surface area contributed by atoms with Crippen molar-refractivity contribution in [1.82, 2.24) is 27.9 Å². The molecule has 2 aromatic carbocycles. The van der Waals surface area contributed by atoms with Gasteiger partial charge in [-0.2, -0.15) is 12.9 Å². The molecule has 33 nitrogen and oxygen atoms in total. The Balaban J connectivity index is 0.849. The Morgan fingerprint density at radius 2 is 0.944 bits per heavy atom. The highest BCUT2D eigenvalue weighted by atomic mass is 31.3. The molecule has 0 amide bonds. The quantitative estimate of drug-likeness (QED) is 0.0336. The van der Waals surface area contributed by atoms with Crippen molar-refractivity contribution in [2.24, 2.45) is 0 Å². The van der Waals surface area contributed by atoms with Crippen molar-refractivity contribution in [1.29, 1.82) is 0 Å². The van der Waals surface area contributed by atoms with Crippen molar-refractivity contribution >= 4 is 54.0 Å². The van der Waals surface area contributed by atoms with Crippen LogP contribution in [0.3, 0.4) is 0 Å². The van der Waals surface area contributed by atoms with Crippen LogP contribution in [0.15, 0.2) is 95.0 Å². The molecule has 2 aliphatic rings. The van der Waals surface area contributed by atoms with Gasteiger partial charge in [-0.3, -0.25) is 47.2 Å². The number of ether oxygens (including phenoxy) is 2. The predicted octanol–water partition coefficient (Wildman–Crippen LogP) is 0.879. The van der Waals surface area contributed by atoms with Gasteiger partial charge in [0.2, 0.25) is 0 Å². The second kappa shape index (κ2) is 19.4. The fourth-order valence-electron chi connectivity index (χ4n) is 7.22. The Bertz CT molecular complexity index is 3180. The normalized spacial score (nSPS) is 25.9. The summed E-state index contributed by atoms with van der Waals surface area (Å²) in [6, 6.07) is 13.3. The largest absolute Gasteiger partial charge is 0.490 e. The topological polar surface area (TPSA) is 460 Å². The van der Waals surface area contributed by atoms with Crippen LogP contribution in [0.2, 0.25) is 0 Å². The molecule has 8 N–H and O–H groups in total. The van der Waals surface area contributed by atoms with E-state index in [2.05, 4.69) is 31.9 Å². The Kier molecular flexibility index (Phi) is 14.2. The van der Waals surface area contributed by atoms with Crippen LogP contribution in [0.5, 0.6) is 0 Å². The maximum absolute atomic E-state index is 13.4. The van der Waals surface area contributed by atoms with Gasteiger partial charge in [0.1, 0.15) is 47.9 Å². The number of phosphoric acid groups is 4. The number of aliphatic hydroxyl groups excluding tert-OH is 4. The summed E-state index contributed by atoms with van der Waals surface area (Å²) in [5, 5.41) is 65.1. The van der Waals surface area contributed by atoms with Gasteiger partial charge in [0.15, 0.2) is 12.5 Å². The fraction of sp³-hybridized carbons (Fsp3) is 0.294. The summed E-state index contributed by atoms with van der Waals surface area (Å²) in [6.45, 7) is -2.51. The second-order valence-electron chi connectivity index (χ2n) is 15.1. The molecule has 0 aliphatic carbocycles. The monoisotopic (exact) mass is 1080 g/mol. The molecule has 2 fully saturated rings. The number of hydrogen-bond donors (Lipinski definition) is 8. The molecule has 6 unspecified atom stereocenters. The van der Waals surface area contributed by atoms with Gasteiger partial charge in [-0.25, -0.2) is 37.8 Å². The van der Waals surface area contributed by atoms with Crippen molar-refractivity contribution in [3.63, 3.8) is 0 Å². The van der Waals surface area contributed by atoms with E-state index in [-0.39, 0.29) is 45.2 Å². The van der Waals surface area contributed by atoms with E-state index in [1.54, 1.807) is 0 Å². The maximum Gasteiger partial charge on any atom is 0.490 e. The molecular weight excluding hydrogens is 1040 g/mol. The molecule has 0 bridgehead atoms. The second-order valence-corrected chi connectivity index (χ2v) is 21.4. The van der Waals surface area contributed by atoms with Crippen molar-refractivity contribution < 1.29 is 99.6 Å². The van der Waals surface area contributed by atoms with E-state index in [1.807, 2.05) is 0 Å². The molecule has 4 aromatic heterocycles. The van der Waals surface area contributed by atoms with Crippen molar-refractivity contribution in [2.45, 2.75) is 49.1 Å². The van der Waals surface area contributed by atoms with Gasteiger partial charge in [-0.15, -0.1) is 0 Å². The lowest BCUT2D eigenvalue weighted by molar-refractivity contribution is -0.385. The lowest BCUT2D eigenvalue weighted by Crippen LogP contribution is -2.36. The fourth-order valence-corrected chi connectivity index (χ4v) is 12.2. The molecule has 380 valence electrons. The predicted molar refractivity (Wildman–Crippen MR) is 229 cm³/mol. The van der Waals surface area contributed by atoms with Crippen LogP contribution < -0.4 is 11.4 Å². The van der Waals surface area contributed by atoms with Crippen LogP contribution in [-0.2, 0) is 49.7 Å². The number of fused-ring (bicyclic) bond motifs is 2. The molecule has 37 heteroatoms. The summed E-state index contributed by atoms with van der Waals surface area (Å²) in [7, 11) is -24.5. The molecule has 0 spiro atoms. The number of aliphatic hydroxyl groups is 4. The van der Waals surface area contributed by atoms with Gasteiger partial charge in [0.05, 0.1) is 34.4 Å². The molecule has 6 heterocycles. The van der Waals surface area contributed by atoms with Crippen molar-refractivity contribution in [3.8, 4) is 22.5 Å². The van der Waals surface area contributed by atoms with Crippen LogP contribution >= 0.6 is 31.3 Å². The minimum Gasteiger partial charge on any atom is -0.387 e. The third kappa shape index (κ3) is 11.1. The number of rotatable bonds is 18. The molecule has 71 heavy (non-hydrogen) atoms. The van der Waals surface area contributed by atoms with Gasteiger partial charge in [-0.05, 0) is 12.1 Å². The van der Waals surface area contributed by atoms with E-state index >= 15 is 0 Å². The van der Waals surface area contributed by atoms with Crippen molar-refractivity contribution in [3.05, 3.63) is 127 Å². The third-order valence-electron chi connectivity index (χ3n) is 10.4. The summed E-state index contributed by atoms with van der Waals surface area (Å²) in [6.07, 6.45) is -10.2. The van der Waals surface area contributed by atoms with E-state index in [4.69, 9.17) is 9.47 Å². The lowest BCUT2D eigenvalue weighted by atomic mass is 10.1. The average Bonchev–Trinajstić information content (AvgIpc) is 4.06. The van der Waals surface area contributed by atoms with Crippen LogP contribution in [0.4, 0.5) is 11.4 Å². The van der Waals surface area contributed by atoms with Gasteiger partial charge in [0.25, 0.3) is 11.4 Å². The number of aromatic nitrogens is 6. The number of nitrogens with zero attached hydrogens (tertiary/aromatic N) is 8. The summed E-state index contributed by atoms with van der Waals surface area (Å²) < 4.78 is 85.6. The number of non-ortho nitro benzene ring substituents is 2. The molecule has 2 aliphatic heterocycles. The summed E-state index contributed by atoms with van der Waals surface area (Å²) in [4.78, 5) is 96.8. The minimum atomic E-state index is -6.34. The minimum absolute atomic E-state index is 0.0528. The van der Waals surface area contributed by atoms with E-state index < -0.39 is 115 Å². The number of hydrogen-bond acceptors (Lipinski definition) is 23. The zero-order valence-electron chi connectivity index (χ0n) is 35.0. The Morgan fingerprint density at radius 1 is 0.577 bits per heavy atom. The number of nitro benzene ring substituents is 2. The number of nitro groups is 2. The van der Waals surface area contributed by atoms with E-state index in [9.17, 15) is 88.1 Å². The van der Waals surface area contributed by atoms with Crippen LogP contribution in [0.25, 0.3) is 33.8 Å². The van der Waals surface area contributed by atoms with Gasteiger partial charge < -0.3 is 49.5 Å². The zero-order chi connectivity index (χ0) is 51.5. The SMILES string of the molecule is O=c1n(C2O[C@H](COP(=O)(O)OP(=O)(O)OP(=O)(O)OP(=O)(O)OC[C@H]3OC(n4ccc5nc(-c6cccc([N+](=O)[O-])c6)cn5c4=O)[C@H](O)[C@@H]3O)[C@@H](O)[C@H]2O)ccc2nc(-c3cccc([N+](=O)[O-])c3)cn12. The first-order chi connectivity index (χ1) is 33.2. The Labute approximate surface area is 392 Å². The van der Waals surface area contributed by atoms with E-state index in [1.165, 1.54) is 73.1 Å². The Morgan fingerprint density at radius 3 is 1.31 bits per heavy atom. The highest BCUT2D eigenvalue weighted by Crippen LogP contribution is 2.71. The summed E-state index contributed by atoms with van der Waals surface area (Å²) in [5.41, 5.74) is -1.40.